The van der Waals surface area contributed by atoms with Gasteiger partial charge in [0.15, 0.2) is 0 Å². The maximum Gasteiger partial charge on any atom is 0.127 e. The van der Waals surface area contributed by atoms with Gasteiger partial charge in [0, 0.05) is 28.8 Å². The molecule has 1 N–H and O–H groups in total. The molecule has 0 radical (unpaired) electrons. The van der Waals surface area contributed by atoms with E-state index in [1.807, 2.05) is 49.5 Å². The van der Waals surface area contributed by atoms with Crippen molar-refractivity contribution in [3.63, 3.8) is 0 Å². The van der Waals surface area contributed by atoms with Crippen molar-refractivity contribution in [2.75, 3.05) is 14.2 Å². The quantitative estimate of drug-likeness (QED) is 0.881. The van der Waals surface area contributed by atoms with Gasteiger partial charge in [-0.2, -0.15) is 0 Å². The third-order valence-electron chi connectivity index (χ3n) is 2.98. The third-order valence-corrected chi connectivity index (χ3v) is 3.35. The molecule has 0 bridgehead atoms. The summed E-state index contributed by atoms with van der Waals surface area (Å²) < 4.78 is 11.1. The van der Waals surface area contributed by atoms with E-state index in [4.69, 9.17) is 21.1 Å². The molecule has 0 aromatic heterocycles. The molecule has 3 nitrogen and oxygen atoms in total. The molecule has 2 rings (SSSR count). The number of rotatable bonds is 6. The predicted molar refractivity (Wildman–Crippen MR) is 81.5 cm³/mol. The maximum atomic E-state index is 6.13. The Morgan fingerprint density at radius 2 is 1.90 bits per heavy atom. The normalized spacial score (nSPS) is 10.3. The van der Waals surface area contributed by atoms with Gasteiger partial charge < -0.3 is 14.8 Å². The highest BCUT2D eigenvalue weighted by Gasteiger charge is 2.07. The maximum absolute atomic E-state index is 6.13. The van der Waals surface area contributed by atoms with Crippen LogP contribution in [0.3, 0.4) is 0 Å². The van der Waals surface area contributed by atoms with Crippen molar-refractivity contribution in [2.24, 2.45) is 0 Å². The number of hydrogen-bond acceptors (Lipinski definition) is 3. The van der Waals surface area contributed by atoms with Crippen molar-refractivity contribution in [2.45, 2.75) is 13.2 Å². The van der Waals surface area contributed by atoms with Crippen LogP contribution in [0.15, 0.2) is 42.5 Å². The predicted octanol–water partition coefficient (Wildman–Crippen LogP) is 3.65. The zero-order valence-electron chi connectivity index (χ0n) is 11.7. The van der Waals surface area contributed by atoms with E-state index in [0.717, 1.165) is 29.2 Å². The number of methoxy groups -OCH3 is 1. The summed E-state index contributed by atoms with van der Waals surface area (Å²) in [5, 5.41) is 3.84. The van der Waals surface area contributed by atoms with E-state index >= 15 is 0 Å². The number of halogens is 1. The van der Waals surface area contributed by atoms with Gasteiger partial charge in [-0.3, -0.25) is 0 Å². The lowest BCUT2D eigenvalue weighted by Gasteiger charge is -2.13. The minimum absolute atomic E-state index is 0.434. The lowest BCUT2D eigenvalue weighted by atomic mass is 10.2. The first-order chi connectivity index (χ1) is 9.74. The van der Waals surface area contributed by atoms with Gasteiger partial charge in [0.1, 0.15) is 18.1 Å². The van der Waals surface area contributed by atoms with Crippen molar-refractivity contribution >= 4 is 11.6 Å². The molecule has 0 spiro atoms. The Hall–Kier alpha value is -1.71. The molecule has 0 unspecified atom stereocenters. The van der Waals surface area contributed by atoms with Gasteiger partial charge in [-0.05, 0) is 19.2 Å². The number of ether oxygens (including phenoxy) is 2. The first-order valence-electron chi connectivity index (χ1n) is 6.42. The van der Waals surface area contributed by atoms with Crippen LogP contribution in [0.1, 0.15) is 11.1 Å². The van der Waals surface area contributed by atoms with Crippen molar-refractivity contribution in [3.05, 3.63) is 58.6 Å². The molecule has 0 aliphatic carbocycles. The van der Waals surface area contributed by atoms with Gasteiger partial charge in [0.2, 0.25) is 0 Å². The Morgan fingerprint density at radius 1 is 1.10 bits per heavy atom. The average Bonchev–Trinajstić information content (AvgIpc) is 2.48. The molecule has 0 heterocycles. The Kier molecular flexibility index (Phi) is 5.27. The van der Waals surface area contributed by atoms with Gasteiger partial charge in [0.25, 0.3) is 0 Å². The summed E-state index contributed by atoms with van der Waals surface area (Å²) >= 11 is 6.13. The van der Waals surface area contributed by atoms with E-state index < -0.39 is 0 Å². The number of nitrogens with one attached hydrogen (secondary N) is 1. The molecule has 20 heavy (non-hydrogen) atoms. The number of benzene rings is 2. The van der Waals surface area contributed by atoms with E-state index in [-0.39, 0.29) is 0 Å². The fraction of sp³-hybridized carbons (Fsp3) is 0.250. The van der Waals surface area contributed by atoms with Crippen LogP contribution >= 0.6 is 11.6 Å². The Morgan fingerprint density at radius 3 is 2.60 bits per heavy atom. The van der Waals surface area contributed by atoms with Gasteiger partial charge in [-0.15, -0.1) is 0 Å². The summed E-state index contributed by atoms with van der Waals surface area (Å²) in [6.07, 6.45) is 0. The zero-order chi connectivity index (χ0) is 14.4. The van der Waals surface area contributed by atoms with E-state index in [1.54, 1.807) is 7.11 Å². The Balaban J connectivity index is 2.17. The topological polar surface area (TPSA) is 30.5 Å². The molecule has 0 fully saturated rings. The van der Waals surface area contributed by atoms with Crippen LogP contribution in [0.4, 0.5) is 0 Å². The van der Waals surface area contributed by atoms with E-state index in [1.165, 1.54) is 0 Å². The van der Waals surface area contributed by atoms with Crippen molar-refractivity contribution in [1.29, 1.82) is 0 Å². The van der Waals surface area contributed by atoms with Crippen LogP contribution in [0, 0.1) is 0 Å². The minimum Gasteiger partial charge on any atom is -0.497 e. The lowest BCUT2D eigenvalue weighted by Crippen LogP contribution is -2.08. The molecule has 0 aliphatic heterocycles. The fourth-order valence-corrected chi connectivity index (χ4v) is 2.09. The molecule has 2 aromatic rings. The molecule has 0 saturated carbocycles. The monoisotopic (exact) mass is 291 g/mol. The summed E-state index contributed by atoms with van der Waals surface area (Å²) in [6, 6.07) is 13.5. The second-order valence-corrected chi connectivity index (χ2v) is 4.79. The lowest BCUT2D eigenvalue weighted by molar-refractivity contribution is 0.300. The summed E-state index contributed by atoms with van der Waals surface area (Å²) in [6.45, 7) is 1.17. The third kappa shape index (κ3) is 3.65. The molecule has 0 aliphatic rings. The standard InChI is InChI=1S/C16H18ClNO2/c1-18-10-12-7-8-14(19-2)9-16(12)20-11-13-5-3-4-6-15(13)17/h3-9,18H,10-11H2,1-2H3. The highest BCUT2D eigenvalue weighted by Crippen LogP contribution is 2.26. The van der Waals surface area contributed by atoms with Crippen molar-refractivity contribution in [1.82, 2.24) is 5.32 Å². The molecule has 2 aromatic carbocycles. The second kappa shape index (κ2) is 7.17. The van der Waals surface area contributed by atoms with Crippen LogP contribution < -0.4 is 14.8 Å². The molecular weight excluding hydrogens is 274 g/mol. The van der Waals surface area contributed by atoms with Gasteiger partial charge in [-0.1, -0.05) is 35.9 Å². The van der Waals surface area contributed by atoms with Crippen molar-refractivity contribution in [3.8, 4) is 11.5 Å². The molecular formula is C16H18ClNO2. The van der Waals surface area contributed by atoms with Crippen LogP contribution in [0.2, 0.25) is 5.02 Å². The Bertz CT molecular complexity index is 572. The average molecular weight is 292 g/mol. The van der Waals surface area contributed by atoms with Crippen LogP contribution in [-0.4, -0.2) is 14.2 Å². The van der Waals surface area contributed by atoms with Gasteiger partial charge in [0.05, 0.1) is 7.11 Å². The van der Waals surface area contributed by atoms with Crippen LogP contribution in [0.5, 0.6) is 11.5 Å². The highest BCUT2D eigenvalue weighted by atomic mass is 35.5. The van der Waals surface area contributed by atoms with E-state index in [0.29, 0.717) is 11.6 Å². The molecule has 106 valence electrons. The summed E-state index contributed by atoms with van der Waals surface area (Å²) in [4.78, 5) is 0. The molecule has 4 heteroatoms. The Labute approximate surface area is 124 Å². The SMILES string of the molecule is CNCc1ccc(OC)cc1OCc1ccccc1Cl. The minimum atomic E-state index is 0.434. The first-order valence-corrected chi connectivity index (χ1v) is 6.80. The van der Waals surface area contributed by atoms with Crippen LogP contribution in [-0.2, 0) is 13.2 Å². The summed E-state index contributed by atoms with van der Waals surface area (Å²) in [7, 11) is 3.55. The van der Waals surface area contributed by atoms with Crippen LogP contribution in [0.25, 0.3) is 0 Å². The van der Waals surface area contributed by atoms with E-state index in [2.05, 4.69) is 5.32 Å². The smallest absolute Gasteiger partial charge is 0.127 e. The van der Waals surface area contributed by atoms with Gasteiger partial charge in [-0.25, -0.2) is 0 Å². The molecule has 0 atom stereocenters. The molecule has 0 saturated heterocycles. The van der Waals surface area contributed by atoms with E-state index in [9.17, 15) is 0 Å². The molecule has 0 amide bonds. The summed E-state index contributed by atoms with van der Waals surface area (Å²) in [5.41, 5.74) is 2.05. The fourth-order valence-electron chi connectivity index (χ4n) is 1.90. The number of hydrogen-bond donors (Lipinski definition) is 1. The van der Waals surface area contributed by atoms with Gasteiger partial charge >= 0.3 is 0 Å². The second-order valence-electron chi connectivity index (χ2n) is 4.38. The highest BCUT2D eigenvalue weighted by molar-refractivity contribution is 6.31. The zero-order valence-corrected chi connectivity index (χ0v) is 12.4. The largest absolute Gasteiger partial charge is 0.497 e. The first kappa shape index (κ1) is 14.7. The van der Waals surface area contributed by atoms with Crippen molar-refractivity contribution < 1.29 is 9.47 Å². The summed E-state index contributed by atoms with van der Waals surface area (Å²) in [5.74, 6) is 1.58.